The van der Waals surface area contributed by atoms with Gasteiger partial charge in [-0.1, -0.05) is 25.1 Å². The molecular formula is C12H18NO4P. The maximum atomic E-state index is 12.4. The third-order valence-electron chi connectivity index (χ3n) is 2.36. The molecule has 1 N–H and O–H groups in total. The number of methoxy groups -OCH3 is 1. The van der Waals surface area contributed by atoms with Crippen LogP contribution in [0.15, 0.2) is 30.3 Å². The van der Waals surface area contributed by atoms with E-state index in [1.807, 2.05) is 6.07 Å². The van der Waals surface area contributed by atoms with E-state index in [-0.39, 0.29) is 6.16 Å². The summed E-state index contributed by atoms with van der Waals surface area (Å²) >= 11 is 0. The molecule has 1 aromatic carbocycles. The van der Waals surface area contributed by atoms with Crippen LogP contribution >= 0.6 is 7.52 Å². The maximum absolute atomic E-state index is 12.4. The van der Waals surface area contributed by atoms with Gasteiger partial charge in [-0.2, -0.15) is 0 Å². The van der Waals surface area contributed by atoms with Crippen LogP contribution in [-0.4, -0.2) is 25.3 Å². The Kier molecular flexibility index (Phi) is 5.38. The minimum Gasteiger partial charge on any atom is -0.468 e. The Bertz CT molecular complexity index is 435. The van der Waals surface area contributed by atoms with Crippen LogP contribution in [0.2, 0.25) is 0 Å². The highest BCUT2D eigenvalue weighted by Gasteiger charge is 2.27. The summed E-state index contributed by atoms with van der Waals surface area (Å²) in [6.45, 7) is 3.32. The van der Waals surface area contributed by atoms with E-state index in [0.29, 0.717) is 5.75 Å². The molecule has 2 atom stereocenters. The smallest absolute Gasteiger partial charge is 0.323 e. The largest absolute Gasteiger partial charge is 0.468 e. The summed E-state index contributed by atoms with van der Waals surface area (Å²) in [4.78, 5) is 11.3. The summed E-state index contributed by atoms with van der Waals surface area (Å²) in [6, 6.07) is 8.18. The van der Waals surface area contributed by atoms with Crippen LogP contribution in [0.5, 0.6) is 5.75 Å². The minimum atomic E-state index is -3.10. The summed E-state index contributed by atoms with van der Waals surface area (Å²) in [5, 5.41) is 2.70. The molecule has 0 aliphatic rings. The molecule has 0 bridgehead atoms. The van der Waals surface area contributed by atoms with Crippen molar-refractivity contribution in [3.05, 3.63) is 30.3 Å². The number of esters is 1. The first-order valence-corrected chi connectivity index (χ1v) is 7.51. The predicted molar refractivity (Wildman–Crippen MR) is 69.8 cm³/mol. The van der Waals surface area contributed by atoms with Crippen molar-refractivity contribution in [1.82, 2.24) is 5.09 Å². The molecule has 0 saturated carbocycles. The molecule has 0 radical (unpaired) electrons. The fourth-order valence-corrected chi connectivity index (χ4v) is 2.88. The fraction of sp³-hybridized carbons (Fsp3) is 0.417. The lowest BCUT2D eigenvalue weighted by Gasteiger charge is -2.21. The molecule has 0 heterocycles. The number of carbonyl (C=O) groups excluding carboxylic acids is 1. The first-order chi connectivity index (χ1) is 8.50. The zero-order chi connectivity index (χ0) is 13.6. The zero-order valence-electron chi connectivity index (χ0n) is 10.8. The van der Waals surface area contributed by atoms with E-state index in [1.165, 1.54) is 7.11 Å². The van der Waals surface area contributed by atoms with Crippen molar-refractivity contribution in [3.8, 4) is 5.75 Å². The van der Waals surface area contributed by atoms with Gasteiger partial charge in [-0.25, -0.2) is 5.09 Å². The Morgan fingerprint density at radius 3 is 2.50 bits per heavy atom. The molecule has 0 aliphatic heterocycles. The van der Waals surface area contributed by atoms with Crippen LogP contribution in [0.25, 0.3) is 0 Å². The van der Waals surface area contributed by atoms with Crippen LogP contribution in [0.1, 0.15) is 13.8 Å². The van der Waals surface area contributed by atoms with Gasteiger partial charge in [0.05, 0.1) is 7.11 Å². The van der Waals surface area contributed by atoms with E-state index in [2.05, 4.69) is 9.82 Å². The highest BCUT2D eigenvalue weighted by Crippen LogP contribution is 2.42. The molecule has 0 fully saturated rings. The lowest BCUT2D eigenvalue weighted by Crippen LogP contribution is -2.34. The van der Waals surface area contributed by atoms with Crippen LogP contribution < -0.4 is 9.61 Å². The number of ether oxygens (including phenoxy) is 1. The van der Waals surface area contributed by atoms with Crippen molar-refractivity contribution in [2.75, 3.05) is 13.3 Å². The summed E-state index contributed by atoms with van der Waals surface area (Å²) in [7, 11) is -1.81. The van der Waals surface area contributed by atoms with Gasteiger partial charge in [0.1, 0.15) is 11.8 Å². The van der Waals surface area contributed by atoms with Gasteiger partial charge in [0.25, 0.3) is 0 Å². The molecule has 2 unspecified atom stereocenters. The number of nitrogens with one attached hydrogen (secondary N) is 1. The molecule has 100 valence electrons. The number of rotatable bonds is 6. The number of benzene rings is 1. The predicted octanol–water partition coefficient (Wildman–Crippen LogP) is 2.43. The second-order valence-corrected chi connectivity index (χ2v) is 6.19. The van der Waals surface area contributed by atoms with Gasteiger partial charge in [0.15, 0.2) is 0 Å². The lowest BCUT2D eigenvalue weighted by molar-refractivity contribution is -0.142. The number of hydrogen-bond donors (Lipinski definition) is 1. The second-order valence-electron chi connectivity index (χ2n) is 3.77. The van der Waals surface area contributed by atoms with E-state index in [4.69, 9.17) is 4.52 Å². The van der Waals surface area contributed by atoms with Crippen LogP contribution in [0, 0.1) is 0 Å². The van der Waals surface area contributed by atoms with Crippen molar-refractivity contribution in [2.24, 2.45) is 0 Å². The Labute approximate surface area is 107 Å². The number of carbonyl (C=O) groups is 1. The van der Waals surface area contributed by atoms with Crippen LogP contribution in [0.3, 0.4) is 0 Å². The summed E-state index contributed by atoms with van der Waals surface area (Å²) in [6.07, 6.45) is 0.281. The van der Waals surface area contributed by atoms with Gasteiger partial charge >= 0.3 is 13.5 Å². The van der Waals surface area contributed by atoms with Crippen LogP contribution in [0.4, 0.5) is 0 Å². The van der Waals surface area contributed by atoms with E-state index in [9.17, 15) is 9.36 Å². The van der Waals surface area contributed by atoms with Crippen molar-refractivity contribution in [2.45, 2.75) is 19.9 Å². The van der Waals surface area contributed by atoms with Gasteiger partial charge < -0.3 is 9.26 Å². The third kappa shape index (κ3) is 4.17. The number of hydrogen-bond acceptors (Lipinski definition) is 4. The monoisotopic (exact) mass is 271 g/mol. The van der Waals surface area contributed by atoms with E-state index < -0.39 is 19.5 Å². The molecular weight excluding hydrogens is 253 g/mol. The van der Waals surface area contributed by atoms with Crippen molar-refractivity contribution in [1.29, 1.82) is 0 Å². The average molecular weight is 271 g/mol. The van der Waals surface area contributed by atoms with Crippen molar-refractivity contribution >= 4 is 13.5 Å². The van der Waals surface area contributed by atoms with Gasteiger partial charge in [0, 0.05) is 6.16 Å². The van der Waals surface area contributed by atoms with Gasteiger partial charge in [0.2, 0.25) is 0 Å². The molecule has 0 aliphatic carbocycles. The molecule has 0 saturated heterocycles. The van der Waals surface area contributed by atoms with E-state index in [1.54, 1.807) is 38.1 Å². The molecule has 1 rings (SSSR count). The molecule has 18 heavy (non-hydrogen) atoms. The highest BCUT2D eigenvalue weighted by molar-refractivity contribution is 7.57. The summed E-state index contributed by atoms with van der Waals surface area (Å²) < 4.78 is 22.5. The lowest BCUT2D eigenvalue weighted by atomic mass is 10.3. The Balaban J connectivity index is 2.74. The molecule has 5 nitrogen and oxygen atoms in total. The third-order valence-corrected chi connectivity index (χ3v) is 4.48. The van der Waals surface area contributed by atoms with Crippen molar-refractivity contribution < 1.29 is 18.6 Å². The zero-order valence-corrected chi connectivity index (χ0v) is 11.6. The van der Waals surface area contributed by atoms with E-state index in [0.717, 1.165) is 0 Å². The Hall–Kier alpha value is -1.32. The average Bonchev–Trinajstić information content (AvgIpc) is 2.38. The van der Waals surface area contributed by atoms with Crippen LogP contribution in [-0.2, 0) is 14.1 Å². The standard InChI is InChI=1S/C12H18NO4P/c1-4-18(15,13-10(2)12(14)16-3)17-11-8-6-5-7-9-11/h5-10H,4H2,1-3H3,(H,13,15). The molecule has 0 spiro atoms. The van der Waals surface area contributed by atoms with E-state index >= 15 is 0 Å². The minimum absolute atomic E-state index is 0.281. The fourth-order valence-electron chi connectivity index (χ4n) is 1.36. The second kappa shape index (κ2) is 6.57. The molecule has 0 aromatic heterocycles. The Morgan fingerprint density at radius 1 is 1.39 bits per heavy atom. The molecule has 0 amide bonds. The summed E-state index contributed by atoms with van der Waals surface area (Å²) in [5.74, 6) is 0.0348. The quantitative estimate of drug-likeness (QED) is 0.636. The Morgan fingerprint density at radius 2 is 2.00 bits per heavy atom. The SMILES string of the molecule is CCP(=O)(NC(C)C(=O)OC)Oc1ccccc1. The maximum Gasteiger partial charge on any atom is 0.323 e. The topological polar surface area (TPSA) is 64.6 Å². The first kappa shape index (κ1) is 14.7. The molecule has 6 heteroatoms. The molecule has 1 aromatic rings. The van der Waals surface area contributed by atoms with Gasteiger partial charge in [-0.15, -0.1) is 0 Å². The van der Waals surface area contributed by atoms with Gasteiger partial charge in [-0.3, -0.25) is 9.36 Å². The normalized spacial score (nSPS) is 15.5. The number of para-hydroxylation sites is 1. The van der Waals surface area contributed by atoms with Gasteiger partial charge in [-0.05, 0) is 19.1 Å². The van der Waals surface area contributed by atoms with Crippen molar-refractivity contribution in [3.63, 3.8) is 0 Å². The highest BCUT2D eigenvalue weighted by atomic mass is 31.2. The summed E-state index contributed by atoms with van der Waals surface area (Å²) in [5.41, 5.74) is 0. The first-order valence-electron chi connectivity index (χ1n) is 5.70.